The van der Waals surface area contributed by atoms with Gasteiger partial charge in [0.05, 0.1) is 10.2 Å². The molecule has 0 saturated carbocycles. The highest BCUT2D eigenvalue weighted by molar-refractivity contribution is 7.22. The van der Waals surface area contributed by atoms with Gasteiger partial charge in [-0.05, 0) is 50.1 Å². The number of aromatic nitrogens is 1. The molecule has 1 unspecified atom stereocenters. The number of benzene rings is 1. The Morgan fingerprint density at radius 1 is 1.48 bits per heavy atom. The maximum atomic E-state index is 12.5. The van der Waals surface area contributed by atoms with Crippen molar-refractivity contribution < 1.29 is 4.79 Å². The number of carbonyl (C=O) groups excluding carboxylic acids is 1. The van der Waals surface area contributed by atoms with Crippen molar-refractivity contribution in [2.24, 2.45) is 0 Å². The summed E-state index contributed by atoms with van der Waals surface area (Å²) in [6.45, 7) is 9.84. The molecule has 1 fully saturated rings. The molecule has 2 aromatic rings. The molecular weight excluding hydrogens is 356 g/mol. The molecule has 3 N–H and O–H groups in total. The Labute approximate surface area is 164 Å². The zero-order chi connectivity index (χ0) is 19.2. The van der Waals surface area contributed by atoms with E-state index in [1.807, 2.05) is 19.1 Å². The number of thiazole rings is 1. The lowest BCUT2D eigenvalue weighted by Crippen LogP contribution is -2.36. The molecule has 0 radical (unpaired) electrons. The number of hydrogen-bond donors (Lipinski definition) is 3. The van der Waals surface area contributed by atoms with Crippen LogP contribution in [0.1, 0.15) is 25.8 Å². The maximum absolute atomic E-state index is 12.5. The maximum Gasteiger partial charge on any atom is 0.251 e. The number of rotatable bonds is 7. The minimum atomic E-state index is -0.0818. The van der Waals surface area contributed by atoms with Crippen molar-refractivity contribution in [3.63, 3.8) is 0 Å². The van der Waals surface area contributed by atoms with Gasteiger partial charge in [-0.1, -0.05) is 43.1 Å². The smallest absolute Gasteiger partial charge is 0.251 e. The molecule has 2 heterocycles. The summed E-state index contributed by atoms with van der Waals surface area (Å²) in [5.74, 6) is -0.0818. The number of nitrogens with one attached hydrogen (secondary N) is 3. The normalized spacial score (nSPS) is 17.6. The van der Waals surface area contributed by atoms with Gasteiger partial charge in [0.1, 0.15) is 0 Å². The molecule has 5 nitrogen and oxygen atoms in total. The molecule has 1 saturated heterocycles. The van der Waals surface area contributed by atoms with E-state index in [1.54, 1.807) is 23.5 Å². The molecule has 0 aliphatic carbocycles. The summed E-state index contributed by atoms with van der Waals surface area (Å²) in [5.41, 5.74) is 3.48. The predicted molar refractivity (Wildman–Crippen MR) is 114 cm³/mol. The molecule has 6 heteroatoms. The van der Waals surface area contributed by atoms with E-state index in [0.29, 0.717) is 11.3 Å². The Bertz CT molecular complexity index is 891. The standard InChI is InChI=1S/C21H26N4OS/c1-4-6-16(20(26)24-17-9-10-22-13-17)11-14(3)23-21-25-18-8-7-15(5-2)12-19(18)27-21/h4,6-8,11-12,17,22H,3,5,9-10,13H2,1-2H3,(H,23,25)(H,24,26)/b6-4-,16-11+. The molecule has 1 atom stereocenters. The van der Waals surface area contributed by atoms with Gasteiger partial charge in [0.2, 0.25) is 0 Å². The van der Waals surface area contributed by atoms with Crippen molar-refractivity contribution in [1.29, 1.82) is 0 Å². The average molecular weight is 383 g/mol. The van der Waals surface area contributed by atoms with E-state index in [9.17, 15) is 4.79 Å². The van der Waals surface area contributed by atoms with Crippen LogP contribution in [0.3, 0.4) is 0 Å². The van der Waals surface area contributed by atoms with Gasteiger partial charge in [-0.15, -0.1) is 0 Å². The van der Waals surface area contributed by atoms with Gasteiger partial charge in [-0.2, -0.15) is 0 Å². The second-order valence-corrected chi connectivity index (χ2v) is 7.62. The average Bonchev–Trinajstić information content (AvgIpc) is 3.29. The van der Waals surface area contributed by atoms with Crippen molar-refractivity contribution in [3.05, 3.63) is 59.8 Å². The minimum Gasteiger partial charge on any atom is -0.348 e. The van der Waals surface area contributed by atoms with Crippen molar-refractivity contribution in [2.75, 3.05) is 18.4 Å². The van der Waals surface area contributed by atoms with Gasteiger partial charge in [0.15, 0.2) is 5.13 Å². The Morgan fingerprint density at radius 2 is 2.33 bits per heavy atom. The van der Waals surface area contributed by atoms with Crippen LogP contribution in [0.15, 0.2) is 54.3 Å². The first-order valence-electron chi connectivity index (χ1n) is 9.30. The van der Waals surface area contributed by atoms with Gasteiger partial charge in [0.25, 0.3) is 5.91 Å². The highest BCUT2D eigenvalue weighted by Gasteiger charge is 2.18. The van der Waals surface area contributed by atoms with E-state index in [-0.39, 0.29) is 11.9 Å². The largest absolute Gasteiger partial charge is 0.348 e. The number of carbonyl (C=O) groups is 1. The fourth-order valence-electron chi connectivity index (χ4n) is 3.02. The van der Waals surface area contributed by atoms with Crippen LogP contribution >= 0.6 is 11.3 Å². The number of anilines is 1. The van der Waals surface area contributed by atoms with Gasteiger partial charge in [-0.3, -0.25) is 4.79 Å². The predicted octanol–water partition coefficient (Wildman–Crippen LogP) is 3.76. The van der Waals surface area contributed by atoms with Crippen molar-refractivity contribution in [3.8, 4) is 0 Å². The summed E-state index contributed by atoms with van der Waals surface area (Å²) < 4.78 is 1.15. The van der Waals surface area contributed by atoms with Crippen LogP contribution in [0.5, 0.6) is 0 Å². The molecule has 142 valence electrons. The number of allylic oxidation sites excluding steroid dienone is 2. The van der Waals surface area contributed by atoms with E-state index in [1.165, 1.54) is 5.56 Å². The van der Waals surface area contributed by atoms with E-state index >= 15 is 0 Å². The Balaban J connectivity index is 1.71. The second-order valence-electron chi connectivity index (χ2n) is 6.59. The lowest BCUT2D eigenvalue weighted by molar-refractivity contribution is -0.117. The molecule has 0 bridgehead atoms. The molecule has 1 aliphatic rings. The van der Waals surface area contributed by atoms with Crippen LogP contribution in [0.4, 0.5) is 5.13 Å². The number of aryl methyl sites for hydroxylation is 1. The van der Waals surface area contributed by atoms with Gasteiger partial charge in [-0.25, -0.2) is 4.98 Å². The monoisotopic (exact) mass is 382 g/mol. The van der Waals surface area contributed by atoms with Crippen LogP contribution in [-0.4, -0.2) is 30.0 Å². The van der Waals surface area contributed by atoms with Crippen LogP contribution in [0, 0.1) is 0 Å². The third-order valence-corrected chi connectivity index (χ3v) is 5.40. The second kappa shape index (κ2) is 8.97. The summed E-state index contributed by atoms with van der Waals surface area (Å²) >= 11 is 1.59. The van der Waals surface area contributed by atoms with Crippen molar-refractivity contribution in [2.45, 2.75) is 32.7 Å². The molecule has 1 aromatic carbocycles. The Hall–Kier alpha value is -2.44. The topological polar surface area (TPSA) is 66.1 Å². The zero-order valence-electron chi connectivity index (χ0n) is 15.8. The third-order valence-electron chi connectivity index (χ3n) is 4.46. The van der Waals surface area contributed by atoms with E-state index in [2.05, 4.69) is 46.6 Å². The highest BCUT2D eigenvalue weighted by Crippen LogP contribution is 2.28. The number of nitrogens with zero attached hydrogens (tertiary/aromatic N) is 1. The van der Waals surface area contributed by atoms with Gasteiger partial charge < -0.3 is 16.0 Å². The van der Waals surface area contributed by atoms with E-state index < -0.39 is 0 Å². The van der Waals surface area contributed by atoms with Crippen LogP contribution in [0.25, 0.3) is 10.2 Å². The number of fused-ring (bicyclic) bond motifs is 1. The Morgan fingerprint density at radius 3 is 3.04 bits per heavy atom. The lowest BCUT2D eigenvalue weighted by atomic mass is 10.1. The Kier molecular flexibility index (Phi) is 6.42. The molecular formula is C21H26N4OS. The fraction of sp³-hybridized carbons (Fsp3) is 0.333. The number of hydrogen-bond acceptors (Lipinski definition) is 5. The minimum absolute atomic E-state index is 0.0818. The first-order valence-corrected chi connectivity index (χ1v) is 10.1. The highest BCUT2D eigenvalue weighted by atomic mass is 32.1. The van der Waals surface area contributed by atoms with Gasteiger partial charge in [0, 0.05) is 23.9 Å². The number of amides is 1. The summed E-state index contributed by atoms with van der Waals surface area (Å²) in [7, 11) is 0. The fourth-order valence-corrected chi connectivity index (χ4v) is 3.98. The van der Waals surface area contributed by atoms with Crippen LogP contribution < -0.4 is 16.0 Å². The van der Waals surface area contributed by atoms with Gasteiger partial charge >= 0.3 is 0 Å². The summed E-state index contributed by atoms with van der Waals surface area (Å²) in [4.78, 5) is 17.1. The first kappa shape index (κ1) is 19.3. The summed E-state index contributed by atoms with van der Waals surface area (Å²) in [6.07, 6.45) is 7.39. The molecule has 1 aliphatic heterocycles. The van der Waals surface area contributed by atoms with E-state index in [4.69, 9.17) is 0 Å². The van der Waals surface area contributed by atoms with Crippen LogP contribution in [-0.2, 0) is 11.2 Å². The van der Waals surface area contributed by atoms with E-state index in [0.717, 1.165) is 41.3 Å². The molecule has 1 amide bonds. The molecule has 3 rings (SSSR count). The van der Waals surface area contributed by atoms with Crippen molar-refractivity contribution >= 4 is 32.6 Å². The molecule has 0 spiro atoms. The third kappa shape index (κ3) is 5.05. The SMILES string of the molecule is C=C(/C=C(\C=C/C)C(=O)NC1CCNC1)Nc1nc2ccc(CC)cc2s1. The summed E-state index contributed by atoms with van der Waals surface area (Å²) in [6, 6.07) is 6.50. The van der Waals surface area contributed by atoms with Crippen molar-refractivity contribution in [1.82, 2.24) is 15.6 Å². The summed E-state index contributed by atoms with van der Waals surface area (Å²) in [5, 5.41) is 10.3. The first-order chi connectivity index (χ1) is 13.1. The zero-order valence-corrected chi connectivity index (χ0v) is 16.7. The molecule has 1 aromatic heterocycles. The quantitative estimate of drug-likeness (QED) is 0.504. The van der Waals surface area contributed by atoms with Crippen LogP contribution in [0.2, 0.25) is 0 Å². The molecule has 27 heavy (non-hydrogen) atoms. The lowest BCUT2D eigenvalue weighted by Gasteiger charge is -2.12.